The van der Waals surface area contributed by atoms with Crippen molar-refractivity contribution in [3.63, 3.8) is 0 Å². The van der Waals surface area contributed by atoms with Gasteiger partial charge in [0.25, 0.3) is 0 Å². The van der Waals surface area contributed by atoms with Crippen LogP contribution in [-0.2, 0) is 0 Å². The molecule has 0 saturated carbocycles. The smallest absolute Gasteiger partial charge is 0.102 e. The van der Waals surface area contributed by atoms with Crippen LogP contribution in [0.1, 0.15) is 53.4 Å². The van der Waals surface area contributed by atoms with E-state index in [1.165, 1.54) is 0 Å². The zero-order valence-corrected chi connectivity index (χ0v) is 10.8. The summed E-state index contributed by atoms with van der Waals surface area (Å²) in [7, 11) is 0. The topological polar surface area (TPSA) is 23.8 Å². The van der Waals surface area contributed by atoms with Crippen LogP contribution >= 0.6 is 11.8 Å². The maximum Gasteiger partial charge on any atom is 0.102 e. The Morgan fingerprint density at radius 2 is 1.71 bits per heavy atom. The van der Waals surface area contributed by atoms with Gasteiger partial charge < -0.3 is 0 Å². The maximum absolute atomic E-state index is 9.28. The van der Waals surface area contributed by atoms with Gasteiger partial charge in [0.1, 0.15) is 4.75 Å². The lowest BCUT2D eigenvalue weighted by Gasteiger charge is -2.25. The standard InChI is InChI=1S/C12H23NS/c1-5-7-12(10-13,8-6-2)14-9-11(3)4/h11H,5-9H2,1-4H3. The maximum atomic E-state index is 9.28. The Bertz CT molecular complexity index is 175. The first kappa shape index (κ1) is 13.8. The number of rotatable bonds is 7. The van der Waals surface area contributed by atoms with Gasteiger partial charge in [-0.1, -0.05) is 40.5 Å². The van der Waals surface area contributed by atoms with E-state index >= 15 is 0 Å². The summed E-state index contributed by atoms with van der Waals surface area (Å²) in [6.45, 7) is 8.76. The summed E-state index contributed by atoms with van der Waals surface area (Å²) in [6, 6.07) is 2.54. The summed E-state index contributed by atoms with van der Waals surface area (Å²) in [5.41, 5.74) is 0. The molecular weight excluding hydrogens is 190 g/mol. The highest BCUT2D eigenvalue weighted by Crippen LogP contribution is 2.35. The normalized spacial score (nSPS) is 11.7. The summed E-state index contributed by atoms with van der Waals surface area (Å²) in [4.78, 5) is 0. The molecule has 1 nitrogen and oxygen atoms in total. The fourth-order valence-corrected chi connectivity index (χ4v) is 2.96. The van der Waals surface area contributed by atoms with Gasteiger partial charge in [0.15, 0.2) is 0 Å². The first-order chi connectivity index (χ1) is 6.60. The van der Waals surface area contributed by atoms with E-state index in [1.54, 1.807) is 0 Å². The van der Waals surface area contributed by atoms with Crippen LogP contribution < -0.4 is 0 Å². The highest BCUT2D eigenvalue weighted by Gasteiger charge is 2.28. The van der Waals surface area contributed by atoms with Crippen LogP contribution in [0.15, 0.2) is 0 Å². The predicted molar refractivity (Wildman–Crippen MR) is 65.5 cm³/mol. The molecular formula is C12H23NS. The third-order valence-corrected chi connectivity index (χ3v) is 4.09. The van der Waals surface area contributed by atoms with Crippen molar-refractivity contribution in [2.75, 3.05) is 5.75 Å². The second kappa shape index (κ2) is 7.17. The number of hydrogen-bond donors (Lipinski definition) is 0. The van der Waals surface area contributed by atoms with E-state index in [0.717, 1.165) is 31.4 Å². The van der Waals surface area contributed by atoms with Crippen molar-refractivity contribution in [1.82, 2.24) is 0 Å². The van der Waals surface area contributed by atoms with E-state index in [9.17, 15) is 5.26 Å². The Morgan fingerprint density at radius 3 is 2.00 bits per heavy atom. The molecule has 0 amide bonds. The van der Waals surface area contributed by atoms with E-state index in [4.69, 9.17) is 0 Å². The van der Waals surface area contributed by atoms with Crippen molar-refractivity contribution >= 4 is 11.8 Å². The molecule has 14 heavy (non-hydrogen) atoms. The predicted octanol–water partition coefficient (Wildman–Crippen LogP) is 4.24. The number of thioether (sulfide) groups is 1. The molecule has 0 aromatic heterocycles. The molecule has 0 N–H and O–H groups in total. The minimum atomic E-state index is -0.103. The fraction of sp³-hybridized carbons (Fsp3) is 0.917. The van der Waals surface area contributed by atoms with Crippen molar-refractivity contribution in [2.45, 2.75) is 58.1 Å². The third-order valence-electron chi connectivity index (χ3n) is 2.20. The summed E-state index contributed by atoms with van der Waals surface area (Å²) in [5.74, 6) is 1.79. The van der Waals surface area contributed by atoms with E-state index < -0.39 is 0 Å². The van der Waals surface area contributed by atoms with Crippen molar-refractivity contribution < 1.29 is 0 Å². The van der Waals surface area contributed by atoms with Gasteiger partial charge in [0.05, 0.1) is 6.07 Å². The van der Waals surface area contributed by atoms with Gasteiger partial charge in [-0.05, 0) is 24.5 Å². The second-order valence-electron chi connectivity index (χ2n) is 4.31. The Labute approximate surface area is 93.3 Å². The Hall–Kier alpha value is -0.160. The zero-order valence-electron chi connectivity index (χ0n) is 9.97. The molecule has 0 aliphatic carbocycles. The quantitative estimate of drug-likeness (QED) is 0.631. The number of nitriles is 1. The lowest BCUT2D eigenvalue weighted by molar-refractivity contribution is 0.581. The monoisotopic (exact) mass is 213 g/mol. The van der Waals surface area contributed by atoms with E-state index in [2.05, 4.69) is 33.8 Å². The Balaban J connectivity index is 4.27. The van der Waals surface area contributed by atoms with Gasteiger partial charge >= 0.3 is 0 Å². The van der Waals surface area contributed by atoms with Crippen LogP contribution in [-0.4, -0.2) is 10.5 Å². The molecule has 0 aliphatic heterocycles. The molecule has 0 saturated heterocycles. The Kier molecular flexibility index (Phi) is 7.09. The van der Waals surface area contributed by atoms with Gasteiger partial charge in [-0.25, -0.2) is 0 Å². The van der Waals surface area contributed by atoms with Crippen LogP contribution in [0.25, 0.3) is 0 Å². The summed E-state index contributed by atoms with van der Waals surface area (Å²) < 4.78 is -0.103. The first-order valence-corrected chi connectivity index (χ1v) is 6.64. The average molecular weight is 213 g/mol. The lowest BCUT2D eigenvalue weighted by atomic mass is 9.99. The molecule has 0 atom stereocenters. The summed E-state index contributed by atoms with van der Waals surface area (Å²) in [6.07, 6.45) is 4.29. The second-order valence-corrected chi connectivity index (χ2v) is 5.71. The Morgan fingerprint density at radius 1 is 1.21 bits per heavy atom. The zero-order chi connectivity index (χ0) is 11.0. The van der Waals surface area contributed by atoms with Crippen LogP contribution in [0, 0.1) is 17.2 Å². The summed E-state index contributed by atoms with van der Waals surface area (Å²) in [5, 5.41) is 9.28. The van der Waals surface area contributed by atoms with Gasteiger partial charge in [-0.15, -0.1) is 11.8 Å². The number of hydrogen-bond acceptors (Lipinski definition) is 2. The van der Waals surface area contributed by atoms with Crippen molar-refractivity contribution in [1.29, 1.82) is 5.26 Å². The van der Waals surface area contributed by atoms with E-state index in [1.807, 2.05) is 11.8 Å². The molecule has 0 aromatic rings. The van der Waals surface area contributed by atoms with Crippen LogP contribution in [0.4, 0.5) is 0 Å². The highest BCUT2D eigenvalue weighted by molar-refractivity contribution is 8.00. The first-order valence-electron chi connectivity index (χ1n) is 5.65. The van der Waals surface area contributed by atoms with Gasteiger partial charge in [0.2, 0.25) is 0 Å². The van der Waals surface area contributed by atoms with E-state index in [0.29, 0.717) is 5.92 Å². The van der Waals surface area contributed by atoms with Gasteiger partial charge in [-0.3, -0.25) is 0 Å². The minimum absolute atomic E-state index is 0.103. The third kappa shape index (κ3) is 4.91. The molecule has 0 aromatic carbocycles. The molecule has 0 heterocycles. The molecule has 0 radical (unpaired) electrons. The van der Waals surface area contributed by atoms with Gasteiger partial charge in [0, 0.05) is 0 Å². The van der Waals surface area contributed by atoms with Crippen LogP contribution in [0.3, 0.4) is 0 Å². The molecule has 0 spiro atoms. The molecule has 2 heteroatoms. The number of nitrogens with zero attached hydrogens (tertiary/aromatic N) is 1. The molecule has 0 bridgehead atoms. The fourth-order valence-electron chi connectivity index (χ4n) is 1.55. The summed E-state index contributed by atoms with van der Waals surface area (Å²) >= 11 is 1.87. The van der Waals surface area contributed by atoms with E-state index in [-0.39, 0.29) is 4.75 Å². The van der Waals surface area contributed by atoms with Crippen LogP contribution in [0.5, 0.6) is 0 Å². The SMILES string of the molecule is CCCC(C#N)(CCC)SCC(C)C. The lowest BCUT2D eigenvalue weighted by Crippen LogP contribution is -2.23. The molecule has 0 rings (SSSR count). The molecule has 82 valence electrons. The molecule has 0 unspecified atom stereocenters. The largest absolute Gasteiger partial charge is 0.197 e. The molecule has 0 fully saturated rings. The van der Waals surface area contributed by atoms with Crippen molar-refractivity contribution in [2.24, 2.45) is 5.92 Å². The molecule has 0 aliphatic rings. The average Bonchev–Trinajstić information content (AvgIpc) is 2.15. The van der Waals surface area contributed by atoms with Gasteiger partial charge in [-0.2, -0.15) is 5.26 Å². The van der Waals surface area contributed by atoms with Crippen molar-refractivity contribution in [3.8, 4) is 6.07 Å². The van der Waals surface area contributed by atoms with Crippen LogP contribution in [0.2, 0.25) is 0 Å². The minimum Gasteiger partial charge on any atom is -0.197 e. The van der Waals surface area contributed by atoms with Crippen molar-refractivity contribution in [3.05, 3.63) is 0 Å². The highest BCUT2D eigenvalue weighted by atomic mass is 32.2.